The zero-order chi connectivity index (χ0) is 14.5. The lowest BCUT2D eigenvalue weighted by Gasteiger charge is -2.21. The molecule has 2 atom stereocenters. The molecule has 0 amide bonds. The van der Waals surface area contributed by atoms with Gasteiger partial charge in [-0.3, -0.25) is 0 Å². The number of nitrogens with one attached hydrogen (secondary N) is 1. The van der Waals surface area contributed by atoms with E-state index >= 15 is 0 Å². The molecule has 2 aromatic rings. The third-order valence-electron chi connectivity index (χ3n) is 3.49. The molecule has 0 heterocycles. The van der Waals surface area contributed by atoms with Crippen LogP contribution in [0.2, 0.25) is 5.02 Å². The highest BCUT2D eigenvalue weighted by Crippen LogP contribution is 2.25. The molecule has 1 N–H and O–H groups in total. The Bertz CT molecular complexity index is 553. The Balaban J connectivity index is 2.06. The molecule has 0 aliphatic carbocycles. The van der Waals surface area contributed by atoms with E-state index in [1.54, 1.807) is 11.8 Å². The Morgan fingerprint density at radius 1 is 0.950 bits per heavy atom. The van der Waals surface area contributed by atoms with Crippen molar-refractivity contribution in [3.63, 3.8) is 0 Å². The molecule has 3 heteroatoms. The summed E-state index contributed by atoms with van der Waals surface area (Å²) >= 11 is 8.01. The Morgan fingerprint density at radius 2 is 1.60 bits per heavy atom. The monoisotopic (exact) mass is 305 g/mol. The maximum absolute atomic E-state index is 6.25. The summed E-state index contributed by atoms with van der Waals surface area (Å²) in [6, 6.07) is 17.2. The normalized spacial score (nSPS) is 14.0. The van der Waals surface area contributed by atoms with Gasteiger partial charge in [0, 0.05) is 22.0 Å². The minimum Gasteiger partial charge on any atom is -0.304 e. The van der Waals surface area contributed by atoms with E-state index in [1.165, 1.54) is 10.5 Å². The van der Waals surface area contributed by atoms with Gasteiger partial charge in [0.2, 0.25) is 0 Å². The standard InChI is InChI=1S/C17H20ClNS/c1-12(14-8-10-15(20-3)11-9-14)19-13(2)16-6-4-5-7-17(16)18/h4-13,19H,1-3H3. The van der Waals surface area contributed by atoms with Crippen LogP contribution < -0.4 is 5.32 Å². The van der Waals surface area contributed by atoms with Crippen LogP contribution in [0.15, 0.2) is 53.4 Å². The first kappa shape index (κ1) is 15.4. The third-order valence-corrected chi connectivity index (χ3v) is 4.58. The minimum absolute atomic E-state index is 0.221. The molecule has 1 nitrogen and oxygen atoms in total. The Kier molecular flexibility index (Phi) is 5.53. The number of hydrogen-bond donors (Lipinski definition) is 1. The molecule has 0 spiro atoms. The summed E-state index contributed by atoms with van der Waals surface area (Å²) < 4.78 is 0. The molecule has 0 saturated heterocycles. The summed E-state index contributed by atoms with van der Waals surface area (Å²) in [5, 5.41) is 4.42. The van der Waals surface area contributed by atoms with Crippen LogP contribution in [-0.2, 0) is 0 Å². The van der Waals surface area contributed by atoms with E-state index in [2.05, 4.69) is 55.8 Å². The zero-order valence-electron chi connectivity index (χ0n) is 12.1. The number of rotatable bonds is 5. The second-order valence-corrected chi connectivity index (χ2v) is 6.19. The van der Waals surface area contributed by atoms with E-state index in [1.807, 2.05) is 18.2 Å². The van der Waals surface area contributed by atoms with E-state index in [0.29, 0.717) is 0 Å². The maximum atomic E-state index is 6.25. The lowest BCUT2D eigenvalue weighted by atomic mass is 10.0. The van der Waals surface area contributed by atoms with Crippen LogP contribution in [0.25, 0.3) is 0 Å². The van der Waals surface area contributed by atoms with Gasteiger partial charge in [0.05, 0.1) is 0 Å². The van der Waals surface area contributed by atoms with Crippen LogP contribution >= 0.6 is 23.4 Å². The van der Waals surface area contributed by atoms with Gasteiger partial charge in [0.15, 0.2) is 0 Å². The van der Waals surface area contributed by atoms with Gasteiger partial charge in [-0.2, -0.15) is 0 Å². The second-order valence-electron chi connectivity index (χ2n) is 4.90. The molecule has 2 aromatic carbocycles. The SMILES string of the molecule is CSc1ccc(C(C)NC(C)c2ccccc2Cl)cc1. The van der Waals surface area contributed by atoms with Crippen molar-refractivity contribution in [2.24, 2.45) is 0 Å². The largest absolute Gasteiger partial charge is 0.304 e. The van der Waals surface area contributed by atoms with Crippen molar-refractivity contribution >= 4 is 23.4 Å². The van der Waals surface area contributed by atoms with E-state index in [9.17, 15) is 0 Å². The van der Waals surface area contributed by atoms with Gasteiger partial charge in [-0.15, -0.1) is 11.8 Å². The molecule has 20 heavy (non-hydrogen) atoms. The van der Waals surface area contributed by atoms with Gasteiger partial charge in [0.25, 0.3) is 0 Å². The quantitative estimate of drug-likeness (QED) is 0.735. The molecular weight excluding hydrogens is 286 g/mol. The van der Waals surface area contributed by atoms with Crippen LogP contribution in [0.5, 0.6) is 0 Å². The van der Waals surface area contributed by atoms with Gasteiger partial charge < -0.3 is 5.32 Å². The average molecular weight is 306 g/mol. The summed E-state index contributed by atoms with van der Waals surface area (Å²) in [4.78, 5) is 1.29. The maximum Gasteiger partial charge on any atom is 0.0453 e. The molecule has 0 fully saturated rings. The number of hydrogen-bond acceptors (Lipinski definition) is 2. The molecule has 0 radical (unpaired) electrons. The van der Waals surface area contributed by atoms with Crippen LogP contribution in [0.4, 0.5) is 0 Å². The predicted octanol–water partition coefficient (Wildman–Crippen LogP) is 5.47. The first-order chi connectivity index (χ1) is 9.61. The van der Waals surface area contributed by atoms with Gasteiger partial charge in [-0.25, -0.2) is 0 Å². The highest BCUT2D eigenvalue weighted by atomic mass is 35.5. The van der Waals surface area contributed by atoms with E-state index in [-0.39, 0.29) is 12.1 Å². The van der Waals surface area contributed by atoms with Gasteiger partial charge in [0.1, 0.15) is 0 Å². The highest BCUT2D eigenvalue weighted by Gasteiger charge is 2.13. The molecule has 0 aromatic heterocycles. The number of benzene rings is 2. The van der Waals surface area contributed by atoms with Gasteiger partial charge in [-0.1, -0.05) is 41.9 Å². The van der Waals surface area contributed by atoms with Crippen LogP contribution in [0.1, 0.15) is 37.1 Å². The Labute approximate surface area is 130 Å². The fraction of sp³-hybridized carbons (Fsp3) is 0.294. The molecular formula is C17H20ClNS. The lowest BCUT2D eigenvalue weighted by Crippen LogP contribution is -2.22. The second kappa shape index (κ2) is 7.16. The molecule has 0 saturated carbocycles. The topological polar surface area (TPSA) is 12.0 Å². The van der Waals surface area contributed by atoms with Crippen LogP contribution in [0.3, 0.4) is 0 Å². The van der Waals surface area contributed by atoms with E-state index < -0.39 is 0 Å². The summed E-state index contributed by atoms with van der Waals surface area (Å²) in [6.07, 6.45) is 2.09. The van der Waals surface area contributed by atoms with Crippen molar-refractivity contribution in [3.05, 3.63) is 64.7 Å². The van der Waals surface area contributed by atoms with Crippen molar-refractivity contribution in [2.75, 3.05) is 6.26 Å². The van der Waals surface area contributed by atoms with Crippen molar-refractivity contribution in [2.45, 2.75) is 30.8 Å². The van der Waals surface area contributed by atoms with Crippen molar-refractivity contribution in [1.29, 1.82) is 0 Å². The molecule has 2 unspecified atom stereocenters. The number of halogens is 1. The molecule has 2 rings (SSSR count). The highest BCUT2D eigenvalue weighted by molar-refractivity contribution is 7.98. The summed E-state index contributed by atoms with van der Waals surface area (Å²) in [5.74, 6) is 0. The number of thioether (sulfide) groups is 1. The third kappa shape index (κ3) is 3.78. The summed E-state index contributed by atoms with van der Waals surface area (Å²) in [7, 11) is 0. The van der Waals surface area contributed by atoms with Crippen LogP contribution in [0, 0.1) is 0 Å². The van der Waals surface area contributed by atoms with E-state index in [0.717, 1.165) is 10.6 Å². The smallest absolute Gasteiger partial charge is 0.0453 e. The lowest BCUT2D eigenvalue weighted by molar-refractivity contribution is 0.494. The fourth-order valence-corrected chi connectivity index (χ4v) is 2.99. The Morgan fingerprint density at radius 3 is 2.20 bits per heavy atom. The Hall–Kier alpha value is -0.960. The van der Waals surface area contributed by atoms with Crippen molar-refractivity contribution in [3.8, 4) is 0 Å². The fourth-order valence-electron chi connectivity index (χ4n) is 2.28. The molecule has 0 bridgehead atoms. The van der Waals surface area contributed by atoms with E-state index in [4.69, 9.17) is 11.6 Å². The first-order valence-electron chi connectivity index (χ1n) is 6.76. The minimum atomic E-state index is 0.221. The molecule has 0 aliphatic rings. The van der Waals surface area contributed by atoms with Gasteiger partial charge >= 0.3 is 0 Å². The molecule has 106 valence electrons. The predicted molar refractivity (Wildman–Crippen MR) is 89.6 cm³/mol. The molecule has 0 aliphatic heterocycles. The van der Waals surface area contributed by atoms with Crippen molar-refractivity contribution < 1.29 is 0 Å². The first-order valence-corrected chi connectivity index (χ1v) is 8.36. The summed E-state index contributed by atoms with van der Waals surface area (Å²) in [5.41, 5.74) is 2.43. The average Bonchev–Trinajstić information content (AvgIpc) is 2.47. The summed E-state index contributed by atoms with van der Waals surface area (Å²) in [6.45, 7) is 4.33. The van der Waals surface area contributed by atoms with Crippen LogP contribution in [-0.4, -0.2) is 6.26 Å². The van der Waals surface area contributed by atoms with Gasteiger partial charge in [-0.05, 0) is 49.4 Å². The zero-order valence-corrected chi connectivity index (χ0v) is 13.6. The van der Waals surface area contributed by atoms with Crippen molar-refractivity contribution in [1.82, 2.24) is 5.32 Å².